The molecule has 0 fully saturated rings. The van der Waals surface area contributed by atoms with Gasteiger partial charge in [0.05, 0.1) is 0 Å². The fourth-order valence-corrected chi connectivity index (χ4v) is 2.77. The predicted molar refractivity (Wildman–Crippen MR) is 100 cm³/mol. The normalized spacial score (nSPS) is 11.8. The van der Waals surface area contributed by atoms with Gasteiger partial charge in [-0.15, -0.1) is 0 Å². The molecule has 3 rings (SSSR count). The van der Waals surface area contributed by atoms with E-state index in [1.165, 1.54) is 18.7 Å². The van der Waals surface area contributed by atoms with Gasteiger partial charge in [-0.2, -0.15) is 0 Å². The van der Waals surface area contributed by atoms with E-state index >= 15 is 0 Å². The Balaban J connectivity index is 1.64. The van der Waals surface area contributed by atoms with Gasteiger partial charge in [0.15, 0.2) is 17.3 Å². The highest BCUT2D eigenvalue weighted by Gasteiger charge is 2.19. The Hall–Kier alpha value is -3.35. The minimum Gasteiger partial charge on any atom is -0.454 e. The van der Waals surface area contributed by atoms with Gasteiger partial charge in [0, 0.05) is 42.9 Å². The number of hydrogen-bond acceptors (Lipinski definition) is 5. The molecule has 1 aliphatic rings. The van der Waals surface area contributed by atoms with E-state index in [1.807, 2.05) is 0 Å². The van der Waals surface area contributed by atoms with Crippen molar-refractivity contribution in [1.29, 1.82) is 0 Å². The first-order valence-corrected chi connectivity index (χ1v) is 8.52. The van der Waals surface area contributed by atoms with Gasteiger partial charge in [-0.05, 0) is 31.2 Å². The first-order chi connectivity index (χ1) is 12.9. The number of nitrogens with one attached hydrogen (secondary N) is 1. The third-order valence-corrected chi connectivity index (χ3v) is 4.16. The summed E-state index contributed by atoms with van der Waals surface area (Å²) in [5.74, 6) is 0.703. The highest BCUT2D eigenvalue weighted by atomic mass is 16.7. The zero-order valence-electron chi connectivity index (χ0n) is 15.2. The molecular weight excluding hydrogens is 348 g/mol. The first-order valence-electron chi connectivity index (χ1n) is 8.52. The molecule has 7 heteroatoms. The fraction of sp³-hybridized carbons (Fsp3) is 0.250. The van der Waals surface area contributed by atoms with Gasteiger partial charge in [0.1, 0.15) is 0 Å². The summed E-state index contributed by atoms with van der Waals surface area (Å²) in [6, 6.07) is 11.9. The lowest BCUT2D eigenvalue weighted by Gasteiger charge is -2.21. The highest BCUT2D eigenvalue weighted by molar-refractivity contribution is 5.98. The van der Waals surface area contributed by atoms with E-state index in [2.05, 4.69) is 5.32 Å². The molecule has 27 heavy (non-hydrogen) atoms. The summed E-state index contributed by atoms with van der Waals surface area (Å²) >= 11 is 0. The molecule has 0 saturated carbocycles. The average molecular weight is 368 g/mol. The van der Waals surface area contributed by atoms with Crippen LogP contribution < -0.4 is 19.7 Å². The molecule has 0 saturated heterocycles. The van der Waals surface area contributed by atoms with Gasteiger partial charge in [-0.1, -0.05) is 12.1 Å². The zero-order valence-corrected chi connectivity index (χ0v) is 15.2. The molecule has 0 aromatic heterocycles. The van der Waals surface area contributed by atoms with Gasteiger partial charge in [-0.3, -0.25) is 14.4 Å². The minimum atomic E-state index is -0.248. The molecule has 0 atom stereocenters. The maximum absolute atomic E-state index is 12.3. The number of Topliss-reactive ketones (excluding diaryl/α,β-unsaturated/α-hetero) is 1. The maximum atomic E-state index is 12.3. The molecule has 2 amide bonds. The van der Waals surface area contributed by atoms with Crippen LogP contribution in [0.15, 0.2) is 42.5 Å². The summed E-state index contributed by atoms with van der Waals surface area (Å²) in [7, 11) is 0. The first kappa shape index (κ1) is 18.4. The van der Waals surface area contributed by atoms with Crippen molar-refractivity contribution in [3.05, 3.63) is 48.0 Å². The van der Waals surface area contributed by atoms with Crippen LogP contribution >= 0.6 is 0 Å². The number of benzene rings is 2. The molecule has 0 spiro atoms. The number of ketones is 1. The monoisotopic (exact) mass is 368 g/mol. The van der Waals surface area contributed by atoms with E-state index in [1.54, 1.807) is 42.5 Å². The lowest BCUT2D eigenvalue weighted by molar-refractivity contribution is -0.117. The van der Waals surface area contributed by atoms with E-state index < -0.39 is 0 Å². The lowest BCUT2D eigenvalue weighted by atomic mass is 10.1. The molecule has 1 N–H and O–H groups in total. The largest absolute Gasteiger partial charge is 0.454 e. The maximum Gasteiger partial charge on any atom is 0.231 e. The van der Waals surface area contributed by atoms with Crippen molar-refractivity contribution < 1.29 is 23.9 Å². The summed E-state index contributed by atoms with van der Waals surface area (Å²) < 4.78 is 10.6. The zero-order chi connectivity index (χ0) is 19.4. The van der Waals surface area contributed by atoms with E-state index in [4.69, 9.17) is 9.47 Å². The van der Waals surface area contributed by atoms with Crippen molar-refractivity contribution in [1.82, 2.24) is 0 Å². The van der Waals surface area contributed by atoms with Crippen molar-refractivity contribution in [3.63, 3.8) is 0 Å². The number of anilines is 2. The van der Waals surface area contributed by atoms with Gasteiger partial charge in [0.25, 0.3) is 0 Å². The van der Waals surface area contributed by atoms with Gasteiger partial charge >= 0.3 is 0 Å². The van der Waals surface area contributed by atoms with Crippen LogP contribution in [0.2, 0.25) is 0 Å². The quantitative estimate of drug-likeness (QED) is 0.793. The van der Waals surface area contributed by atoms with Crippen molar-refractivity contribution in [2.75, 3.05) is 23.6 Å². The number of rotatable bonds is 6. The number of fused-ring (bicyclic) bond motifs is 1. The van der Waals surface area contributed by atoms with Crippen LogP contribution in [0.5, 0.6) is 11.5 Å². The number of ether oxygens (including phenoxy) is 2. The topological polar surface area (TPSA) is 84.9 Å². The number of nitrogens with zero attached hydrogens (tertiary/aromatic N) is 1. The third-order valence-electron chi connectivity index (χ3n) is 4.16. The Morgan fingerprint density at radius 1 is 1.04 bits per heavy atom. The van der Waals surface area contributed by atoms with Gasteiger partial charge in [0.2, 0.25) is 18.6 Å². The molecular formula is C20H20N2O5. The van der Waals surface area contributed by atoms with Crippen molar-refractivity contribution in [2.45, 2.75) is 20.3 Å². The van der Waals surface area contributed by atoms with Crippen LogP contribution in [0, 0.1) is 0 Å². The van der Waals surface area contributed by atoms with E-state index in [9.17, 15) is 14.4 Å². The predicted octanol–water partition coefficient (Wildman–Crippen LogP) is 3.00. The smallest absolute Gasteiger partial charge is 0.231 e. The molecule has 7 nitrogen and oxygen atoms in total. The lowest BCUT2D eigenvalue weighted by Crippen LogP contribution is -2.31. The summed E-state index contributed by atoms with van der Waals surface area (Å²) in [6.07, 6.45) is 0.109. The average Bonchev–Trinajstić information content (AvgIpc) is 3.09. The van der Waals surface area contributed by atoms with Crippen LogP contribution in [-0.4, -0.2) is 30.9 Å². The van der Waals surface area contributed by atoms with Crippen LogP contribution in [0.25, 0.3) is 0 Å². The highest BCUT2D eigenvalue weighted by Crippen LogP contribution is 2.35. The Morgan fingerprint density at radius 3 is 2.56 bits per heavy atom. The molecule has 2 aromatic carbocycles. The van der Waals surface area contributed by atoms with Gasteiger partial charge in [-0.25, -0.2) is 0 Å². The minimum absolute atomic E-state index is 0.0725. The molecule has 1 aliphatic heterocycles. The van der Waals surface area contributed by atoms with Crippen LogP contribution in [0.3, 0.4) is 0 Å². The summed E-state index contributed by atoms with van der Waals surface area (Å²) in [5, 5.41) is 2.75. The SMILES string of the molecule is CC(=O)c1cccc(NC(=O)CCN(C(C)=O)c2ccc3c(c2)OCO3)c1. The Morgan fingerprint density at radius 2 is 1.81 bits per heavy atom. The van der Waals surface area contributed by atoms with Crippen LogP contribution in [0.4, 0.5) is 11.4 Å². The molecule has 1 heterocycles. The summed E-state index contributed by atoms with van der Waals surface area (Å²) in [5.41, 5.74) is 1.71. The van der Waals surface area contributed by atoms with Crippen LogP contribution in [-0.2, 0) is 9.59 Å². The molecule has 140 valence electrons. The summed E-state index contributed by atoms with van der Waals surface area (Å²) in [4.78, 5) is 37.2. The molecule has 0 bridgehead atoms. The molecule has 0 aliphatic carbocycles. The van der Waals surface area contributed by atoms with Crippen molar-refractivity contribution in [2.24, 2.45) is 0 Å². The number of carbonyl (C=O) groups is 3. The fourth-order valence-electron chi connectivity index (χ4n) is 2.77. The standard InChI is InChI=1S/C20H20N2O5/c1-13(23)15-4-3-5-16(10-15)21-20(25)8-9-22(14(2)24)17-6-7-18-19(11-17)27-12-26-18/h3-7,10-11H,8-9,12H2,1-2H3,(H,21,25). The Bertz CT molecular complexity index is 894. The second-order valence-corrected chi connectivity index (χ2v) is 6.14. The summed E-state index contributed by atoms with van der Waals surface area (Å²) in [6.45, 7) is 3.28. The third kappa shape index (κ3) is 4.44. The second-order valence-electron chi connectivity index (χ2n) is 6.14. The van der Waals surface area contributed by atoms with Gasteiger partial charge < -0.3 is 19.7 Å². The van der Waals surface area contributed by atoms with Crippen molar-refractivity contribution >= 4 is 29.0 Å². The van der Waals surface area contributed by atoms with Crippen molar-refractivity contribution in [3.8, 4) is 11.5 Å². The van der Waals surface area contributed by atoms with E-state index in [-0.39, 0.29) is 37.4 Å². The van der Waals surface area contributed by atoms with E-state index in [0.717, 1.165) is 0 Å². The Labute approximate surface area is 156 Å². The number of amides is 2. The van der Waals surface area contributed by atoms with Crippen LogP contribution in [0.1, 0.15) is 30.6 Å². The Kier molecular flexibility index (Phi) is 5.40. The number of hydrogen-bond donors (Lipinski definition) is 1. The number of carbonyl (C=O) groups excluding carboxylic acids is 3. The molecule has 0 radical (unpaired) electrons. The molecule has 2 aromatic rings. The molecule has 0 unspecified atom stereocenters. The van der Waals surface area contributed by atoms with E-state index in [0.29, 0.717) is 28.4 Å². The second kappa shape index (κ2) is 7.90.